The average Bonchev–Trinajstić information content (AvgIpc) is 3.31. The molecule has 2 heterocycles. The first-order valence-corrected chi connectivity index (χ1v) is 12.1. The number of carboxylic acids is 1. The molecule has 0 aliphatic carbocycles. The van der Waals surface area contributed by atoms with Crippen LogP contribution >= 0.6 is 11.6 Å². The SMILES string of the molecule is COc1ccc(-c2cnc(C(=O)Nc3ccc(C(=O)N4CCNCC4)c(Cl)c3)n2C)c(F)c1F.O=C(O)C(F)(F)F. The van der Waals surface area contributed by atoms with Crippen LogP contribution in [0.25, 0.3) is 11.3 Å². The van der Waals surface area contributed by atoms with Crippen LogP contribution in [-0.2, 0) is 11.8 Å². The van der Waals surface area contributed by atoms with E-state index in [0.717, 1.165) is 13.1 Å². The summed E-state index contributed by atoms with van der Waals surface area (Å²) in [7, 11) is 2.75. The highest BCUT2D eigenvalue weighted by molar-refractivity contribution is 6.34. The van der Waals surface area contributed by atoms with Gasteiger partial charge >= 0.3 is 12.1 Å². The summed E-state index contributed by atoms with van der Waals surface area (Å²) in [6.45, 7) is 2.62. The van der Waals surface area contributed by atoms with Crippen LogP contribution in [0.1, 0.15) is 21.0 Å². The second-order valence-corrected chi connectivity index (χ2v) is 8.87. The summed E-state index contributed by atoms with van der Waals surface area (Å²) >= 11 is 6.32. The monoisotopic (exact) mass is 603 g/mol. The second kappa shape index (κ2) is 13.0. The molecular formula is C25H23ClF5N5O5. The van der Waals surface area contributed by atoms with E-state index in [1.54, 1.807) is 17.0 Å². The van der Waals surface area contributed by atoms with Crippen molar-refractivity contribution in [3.63, 3.8) is 0 Å². The van der Waals surface area contributed by atoms with Gasteiger partial charge in [0.25, 0.3) is 11.8 Å². The molecule has 0 atom stereocenters. The maximum atomic E-state index is 14.5. The molecule has 1 fully saturated rings. The van der Waals surface area contributed by atoms with E-state index in [9.17, 15) is 31.5 Å². The number of anilines is 1. The Kier molecular flexibility index (Phi) is 9.88. The molecule has 10 nitrogen and oxygen atoms in total. The van der Waals surface area contributed by atoms with E-state index >= 15 is 0 Å². The molecule has 1 aliphatic rings. The Morgan fingerprint density at radius 2 is 1.73 bits per heavy atom. The standard InChI is InChI=1S/C23H22ClF2N5O3.C2HF3O2/c1-30-17(15-5-6-18(34-2)20(26)19(15)25)12-28-21(30)22(32)29-13-3-4-14(16(24)11-13)23(33)31-9-7-27-8-10-31;3-2(4,5)1(6)7/h3-6,11-12,27H,7-10H2,1-2H3,(H,29,32);(H,6,7). The van der Waals surface area contributed by atoms with Crippen molar-refractivity contribution in [3.05, 3.63) is 64.6 Å². The van der Waals surface area contributed by atoms with Gasteiger partial charge in [0.2, 0.25) is 5.82 Å². The lowest BCUT2D eigenvalue weighted by Gasteiger charge is -2.27. The average molecular weight is 604 g/mol. The van der Waals surface area contributed by atoms with Gasteiger partial charge in [0, 0.05) is 44.5 Å². The molecule has 3 aromatic rings. The number of nitrogens with zero attached hydrogens (tertiary/aromatic N) is 3. The van der Waals surface area contributed by atoms with Gasteiger partial charge in [0.05, 0.1) is 29.6 Å². The highest BCUT2D eigenvalue weighted by atomic mass is 35.5. The van der Waals surface area contributed by atoms with Crippen molar-refractivity contribution in [1.29, 1.82) is 0 Å². The van der Waals surface area contributed by atoms with Crippen LogP contribution in [0.15, 0.2) is 36.5 Å². The number of hydrogen-bond donors (Lipinski definition) is 3. The van der Waals surface area contributed by atoms with Crippen LogP contribution in [0, 0.1) is 11.6 Å². The molecular weight excluding hydrogens is 581 g/mol. The van der Waals surface area contributed by atoms with Crippen LogP contribution in [0.4, 0.5) is 27.6 Å². The molecule has 16 heteroatoms. The van der Waals surface area contributed by atoms with Gasteiger partial charge in [-0.1, -0.05) is 11.6 Å². The molecule has 4 rings (SSSR count). The van der Waals surface area contributed by atoms with E-state index in [4.69, 9.17) is 26.2 Å². The minimum atomic E-state index is -5.08. The van der Waals surface area contributed by atoms with Gasteiger partial charge < -0.3 is 29.9 Å². The Morgan fingerprint density at radius 1 is 1.10 bits per heavy atom. The zero-order valence-electron chi connectivity index (χ0n) is 21.5. The summed E-state index contributed by atoms with van der Waals surface area (Å²) in [5.41, 5.74) is 0.848. The molecule has 220 valence electrons. The van der Waals surface area contributed by atoms with Gasteiger partial charge in [0.1, 0.15) is 0 Å². The van der Waals surface area contributed by atoms with Gasteiger partial charge in [0.15, 0.2) is 17.4 Å². The van der Waals surface area contributed by atoms with Crippen molar-refractivity contribution >= 4 is 35.1 Å². The summed E-state index contributed by atoms with van der Waals surface area (Å²) in [4.78, 5) is 40.2. The molecule has 0 unspecified atom stereocenters. The summed E-state index contributed by atoms with van der Waals surface area (Å²) in [5.74, 6) is -6.00. The number of aromatic nitrogens is 2. The smallest absolute Gasteiger partial charge is 0.490 e. The van der Waals surface area contributed by atoms with Crippen molar-refractivity contribution < 1.29 is 46.2 Å². The van der Waals surface area contributed by atoms with Gasteiger partial charge in [-0.2, -0.15) is 17.6 Å². The molecule has 1 aromatic heterocycles. The van der Waals surface area contributed by atoms with E-state index in [2.05, 4.69) is 15.6 Å². The predicted octanol–water partition coefficient (Wildman–Crippen LogP) is 3.96. The third kappa shape index (κ3) is 7.29. The third-order valence-electron chi connectivity index (χ3n) is 5.84. The first kappa shape index (κ1) is 31.3. The topological polar surface area (TPSA) is 126 Å². The normalized spacial score (nSPS) is 13.2. The number of alkyl halides is 3. The minimum absolute atomic E-state index is 0.0253. The number of hydrogen-bond acceptors (Lipinski definition) is 6. The lowest BCUT2D eigenvalue weighted by molar-refractivity contribution is -0.192. The van der Waals surface area contributed by atoms with Crippen LogP contribution in [0.5, 0.6) is 5.75 Å². The molecule has 0 bridgehead atoms. The third-order valence-corrected chi connectivity index (χ3v) is 6.15. The van der Waals surface area contributed by atoms with E-state index in [1.165, 1.54) is 43.1 Å². The van der Waals surface area contributed by atoms with E-state index < -0.39 is 29.7 Å². The number of carbonyl (C=O) groups excluding carboxylic acids is 2. The van der Waals surface area contributed by atoms with E-state index in [0.29, 0.717) is 24.3 Å². The first-order chi connectivity index (χ1) is 19.3. The Balaban J connectivity index is 0.000000587. The lowest BCUT2D eigenvalue weighted by Crippen LogP contribution is -2.46. The maximum absolute atomic E-state index is 14.5. The van der Waals surface area contributed by atoms with E-state index in [1.807, 2.05) is 0 Å². The Hall–Kier alpha value is -4.24. The first-order valence-electron chi connectivity index (χ1n) is 11.7. The summed E-state index contributed by atoms with van der Waals surface area (Å²) in [6, 6.07) is 7.26. The molecule has 1 aliphatic heterocycles. The van der Waals surface area contributed by atoms with Crippen molar-refractivity contribution in [2.75, 3.05) is 38.6 Å². The number of carboxylic acid groups (broad SMARTS) is 1. The molecule has 3 N–H and O–H groups in total. The fourth-order valence-corrected chi connectivity index (χ4v) is 4.01. The fourth-order valence-electron chi connectivity index (χ4n) is 3.75. The molecule has 0 saturated carbocycles. The van der Waals surface area contributed by atoms with Crippen molar-refractivity contribution in [2.24, 2.45) is 7.05 Å². The molecule has 41 heavy (non-hydrogen) atoms. The number of rotatable bonds is 5. The quantitative estimate of drug-likeness (QED) is 0.377. The Morgan fingerprint density at radius 3 is 2.29 bits per heavy atom. The molecule has 2 aromatic carbocycles. The molecule has 1 saturated heterocycles. The van der Waals surface area contributed by atoms with Gasteiger partial charge in [-0.15, -0.1) is 0 Å². The number of carbonyl (C=O) groups is 3. The highest BCUT2D eigenvalue weighted by Gasteiger charge is 2.38. The van der Waals surface area contributed by atoms with Gasteiger partial charge in [-0.05, 0) is 30.3 Å². The zero-order chi connectivity index (χ0) is 30.5. The second-order valence-electron chi connectivity index (χ2n) is 8.46. The van der Waals surface area contributed by atoms with Crippen molar-refractivity contribution in [2.45, 2.75) is 6.18 Å². The highest BCUT2D eigenvalue weighted by Crippen LogP contribution is 2.30. The fraction of sp³-hybridized carbons (Fsp3) is 0.280. The van der Waals surface area contributed by atoms with Crippen LogP contribution in [-0.4, -0.2) is 76.8 Å². The number of nitrogens with one attached hydrogen (secondary N) is 2. The van der Waals surface area contributed by atoms with Crippen molar-refractivity contribution in [3.8, 4) is 17.0 Å². The number of ether oxygens (including phenoxy) is 1. The maximum Gasteiger partial charge on any atom is 0.490 e. The summed E-state index contributed by atoms with van der Waals surface area (Å²) in [6.07, 6.45) is -3.80. The van der Waals surface area contributed by atoms with Gasteiger partial charge in [-0.25, -0.2) is 14.2 Å². The minimum Gasteiger partial charge on any atom is -0.494 e. The van der Waals surface area contributed by atoms with Gasteiger partial charge in [-0.3, -0.25) is 9.59 Å². The predicted molar refractivity (Wildman–Crippen MR) is 137 cm³/mol. The number of halogens is 6. The number of methoxy groups -OCH3 is 1. The molecule has 2 amide bonds. The summed E-state index contributed by atoms with van der Waals surface area (Å²) < 4.78 is 66.5. The number of benzene rings is 2. The van der Waals surface area contributed by atoms with Crippen LogP contribution in [0.2, 0.25) is 5.02 Å². The van der Waals surface area contributed by atoms with Crippen LogP contribution < -0.4 is 15.4 Å². The largest absolute Gasteiger partial charge is 0.494 e. The lowest BCUT2D eigenvalue weighted by atomic mass is 10.1. The Labute approximate surface area is 234 Å². The van der Waals surface area contributed by atoms with E-state index in [-0.39, 0.29) is 33.8 Å². The Bertz CT molecular complexity index is 1460. The molecule has 0 radical (unpaired) electrons. The number of piperazine rings is 1. The summed E-state index contributed by atoms with van der Waals surface area (Å²) in [5, 5.41) is 13.2. The molecule has 0 spiro atoms. The number of imidazole rings is 1. The zero-order valence-corrected chi connectivity index (χ0v) is 22.2. The van der Waals surface area contributed by atoms with Crippen LogP contribution in [0.3, 0.4) is 0 Å². The number of aliphatic carboxylic acids is 1. The number of amides is 2. The van der Waals surface area contributed by atoms with Crippen molar-refractivity contribution in [1.82, 2.24) is 19.8 Å².